The lowest BCUT2D eigenvalue weighted by Gasteiger charge is -2.31. The molecule has 1 aliphatic rings. The first kappa shape index (κ1) is 20.3. The molecular weight excluding hydrogens is 365 g/mol. The van der Waals surface area contributed by atoms with Crippen LogP contribution in [0.3, 0.4) is 0 Å². The Morgan fingerprint density at radius 3 is 2.61 bits per heavy atom. The van der Waals surface area contributed by atoms with Crippen LogP contribution in [0.25, 0.3) is 12.2 Å². The minimum Gasteiger partial charge on any atom is -0.361 e. The summed E-state index contributed by atoms with van der Waals surface area (Å²) in [7, 11) is 2.40. The van der Waals surface area contributed by atoms with Crippen molar-refractivity contribution in [1.82, 2.24) is 5.09 Å². The highest BCUT2D eigenvalue weighted by atomic mass is 31.0. The van der Waals surface area contributed by atoms with Crippen LogP contribution in [0, 0.1) is 5.41 Å². The smallest absolute Gasteiger partial charge is 0.227 e. The number of amides is 1. The number of carbonyl (C=O) groups excluding carboxylic acids is 1. The predicted molar refractivity (Wildman–Crippen MR) is 122 cm³/mol. The van der Waals surface area contributed by atoms with Gasteiger partial charge in [0.1, 0.15) is 0 Å². The predicted octanol–water partition coefficient (Wildman–Crippen LogP) is 4.92. The van der Waals surface area contributed by atoms with Gasteiger partial charge in [-0.3, -0.25) is 9.79 Å². The minimum absolute atomic E-state index is 0.123. The Bertz CT molecular complexity index is 889. The number of anilines is 1. The zero-order chi connectivity index (χ0) is 20.0. The van der Waals surface area contributed by atoms with E-state index in [1.807, 2.05) is 35.2 Å². The van der Waals surface area contributed by atoms with Crippen LogP contribution in [0.5, 0.6) is 0 Å². The van der Waals surface area contributed by atoms with Crippen molar-refractivity contribution in [1.29, 1.82) is 0 Å². The summed E-state index contributed by atoms with van der Waals surface area (Å²) in [5.41, 5.74) is 4.24. The Kier molecular flexibility index (Phi) is 6.64. The maximum atomic E-state index is 13.4. The van der Waals surface area contributed by atoms with E-state index < -0.39 is 0 Å². The standard InChI is InChI=1S/C23H28N3OP/c1-23(2,13-14-24-17-25-28)15-22(27)26-16-20-9-4-3-7-18(20)11-12-19-8-5-6-10-21(19)26/h3-12,17H,13-16,28H2,1-2H3,(H,24,25)/b12-11-. The van der Waals surface area contributed by atoms with Crippen molar-refractivity contribution in [3.8, 4) is 0 Å². The fraction of sp³-hybridized carbons (Fsp3) is 0.304. The number of hydrogen-bond donors (Lipinski definition) is 1. The molecule has 0 aromatic heterocycles. The number of rotatable bonds is 6. The third kappa shape index (κ3) is 5.08. The SMILES string of the molecule is CC(C)(CCN=CNP)CC(=O)N1Cc2ccccc2/C=C\c2ccccc21. The summed E-state index contributed by atoms with van der Waals surface area (Å²) >= 11 is 0. The summed E-state index contributed by atoms with van der Waals surface area (Å²) in [5, 5.41) is 2.82. The number of carbonyl (C=O) groups is 1. The lowest BCUT2D eigenvalue weighted by molar-refractivity contribution is -0.120. The molecule has 5 heteroatoms. The highest BCUT2D eigenvalue weighted by molar-refractivity contribution is 7.14. The maximum absolute atomic E-state index is 13.4. The van der Waals surface area contributed by atoms with Gasteiger partial charge in [0.2, 0.25) is 5.91 Å². The summed E-state index contributed by atoms with van der Waals surface area (Å²) in [6, 6.07) is 16.4. The van der Waals surface area contributed by atoms with E-state index in [0.29, 0.717) is 19.5 Å². The van der Waals surface area contributed by atoms with Crippen LogP contribution in [-0.4, -0.2) is 18.8 Å². The van der Waals surface area contributed by atoms with Crippen LogP contribution in [0.1, 0.15) is 43.4 Å². The Hall–Kier alpha value is -2.45. The second-order valence-electron chi connectivity index (χ2n) is 7.86. The Morgan fingerprint density at radius 2 is 1.82 bits per heavy atom. The third-order valence-electron chi connectivity index (χ3n) is 5.07. The summed E-state index contributed by atoms with van der Waals surface area (Å²) in [5.74, 6) is 0.149. The van der Waals surface area contributed by atoms with Crippen molar-refractivity contribution in [2.75, 3.05) is 11.4 Å². The molecule has 0 spiro atoms. The van der Waals surface area contributed by atoms with Crippen molar-refractivity contribution in [3.63, 3.8) is 0 Å². The van der Waals surface area contributed by atoms with E-state index in [1.54, 1.807) is 6.34 Å². The molecular formula is C23H28N3OP. The molecule has 0 saturated heterocycles. The van der Waals surface area contributed by atoms with Gasteiger partial charge in [-0.05, 0) is 44.0 Å². The van der Waals surface area contributed by atoms with Gasteiger partial charge in [-0.1, -0.05) is 68.5 Å². The maximum Gasteiger partial charge on any atom is 0.227 e. The van der Waals surface area contributed by atoms with Crippen molar-refractivity contribution < 1.29 is 4.79 Å². The minimum atomic E-state index is -0.123. The molecule has 28 heavy (non-hydrogen) atoms. The monoisotopic (exact) mass is 393 g/mol. The molecule has 146 valence electrons. The van der Waals surface area contributed by atoms with Gasteiger partial charge in [0.05, 0.1) is 18.6 Å². The molecule has 2 aromatic carbocycles. The fourth-order valence-corrected chi connectivity index (χ4v) is 3.56. The lowest BCUT2D eigenvalue weighted by Crippen LogP contribution is -2.35. The molecule has 1 unspecified atom stereocenters. The van der Waals surface area contributed by atoms with Crippen LogP contribution < -0.4 is 9.99 Å². The summed E-state index contributed by atoms with van der Waals surface area (Å²) in [6.07, 6.45) is 7.24. The zero-order valence-electron chi connectivity index (χ0n) is 16.6. The number of nitrogens with zero attached hydrogens (tertiary/aromatic N) is 2. The number of para-hydroxylation sites is 1. The average Bonchev–Trinajstić information content (AvgIpc) is 2.66. The topological polar surface area (TPSA) is 44.7 Å². The van der Waals surface area contributed by atoms with Gasteiger partial charge in [0.15, 0.2) is 0 Å². The molecule has 1 aliphatic heterocycles. The van der Waals surface area contributed by atoms with E-state index in [0.717, 1.165) is 28.8 Å². The van der Waals surface area contributed by atoms with E-state index in [9.17, 15) is 4.79 Å². The van der Waals surface area contributed by atoms with Crippen molar-refractivity contribution in [2.24, 2.45) is 10.4 Å². The van der Waals surface area contributed by atoms with Gasteiger partial charge in [-0.2, -0.15) is 0 Å². The quantitative estimate of drug-likeness (QED) is 0.430. The first-order valence-corrected chi connectivity index (χ1v) is 10.2. The van der Waals surface area contributed by atoms with Crippen LogP contribution in [0.4, 0.5) is 5.69 Å². The molecule has 1 heterocycles. The molecule has 0 fully saturated rings. The molecule has 1 N–H and O–H groups in total. The number of fused-ring (bicyclic) bond motifs is 2. The van der Waals surface area contributed by atoms with Gasteiger partial charge in [-0.25, -0.2) is 0 Å². The van der Waals surface area contributed by atoms with E-state index in [1.165, 1.54) is 0 Å². The van der Waals surface area contributed by atoms with Crippen LogP contribution in [0.15, 0.2) is 53.5 Å². The van der Waals surface area contributed by atoms with Crippen LogP contribution in [-0.2, 0) is 11.3 Å². The highest BCUT2D eigenvalue weighted by Gasteiger charge is 2.27. The van der Waals surface area contributed by atoms with Crippen LogP contribution in [0.2, 0.25) is 0 Å². The molecule has 0 saturated carbocycles. The molecule has 0 aliphatic carbocycles. The van der Waals surface area contributed by atoms with E-state index in [-0.39, 0.29) is 11.3 Å². The molecule has 1 amide bonds. The molecule has 0 bridgehead atoms. The number of hydrogen-bond acceptors (Lipinski definition) is 2. The van der Waals surface area contributed by atoms with Crippen molar-refractivity contribution >= 4 is 39.5 Å². The largest absolute Gasteiger partial charge is 0.361 e. The molecule has 2 aromatic rings. The van der Waals surface area contributed by atoms with Crippen molar-refractivity contribution in [3.05, 3.63) is 65.2 Å². The lowest BCUT2D eigenvalue weighted by atomic mass is 9.85. The number of nitrogens with one attached hydrogen (secondary N) is 1. The zero-order valence-corrected chi connectivity index (χ0v) is 17.7. The summed E-state index contributed by atoms with van der Waals surface area (Å²) in [4.78, 5) is 19.6. The summed E-state index contributed by atoms with van der Waals surface area (Å²) in [6.45, 7) is 5.56. The molecule has 1 atom stereocenters. The molecule has 4 nitrogen and oxygen atoms in total. The average molecular weight is 393 g/mol. The first-order valence-electron chi connectivity index (χ1n) is 9.60. The van der Waals surface area contributed by atoms with Gasteiger partial charge >= 0.3 is 0 Å². The third-order valence-corrected chi connectivity index (χ3v) is 5.22. The Morgan fingerprint density at radius 1 is 1.14 bits per heavy atom. The van der Waals surface area contributed by atoms with Gasteiger partial charge in [0.25, 0.3) is 0 Å². The molecule has 3 rings (SSSR count). The molecule has 0 radical (unpaired) electrons. The van der Waals surface area contributed by atoms with E-state index in [4.69, 9.17) is 0 Å². The van der Waals surface area contributed by atoms with Gasteiger partial charge < -0.3 is 9.99 Å². The second-order valence-corrected chi connectivity index (χ2v) is 8.20. The fourth-order valence-electron chi connectivity index (χ4n) is 3.45. The summed E-state index contributed by atoms with van der Waals surface area (Å²) < 4.78 is 0. The van der Waals surface area contributed by atoms with Gasteiger partial charge in [-0.15, -0.1) is 0 Å². The first-order chi connectivity index (χ1) is 13.5. The van der Waals surface area contributed by atoms with Crippen molar-refractivity contribution in [2.45, 2.75) is 33.2 Å². The van der Waals surface area contributed by atoms with Crippen LogP contribution >= 0.6 is 9.39 Å². The number of aliphatic imine (C=N–C) groups is 1. The Balaban J connectivity index is 1.86. The van der Waals surface area contributed by atoms with E-state index >= 15 is 0 Å². The van der Waals surface area contributed by atoms with Gasteiger partial charge in [0, 0.05) is 13.0 Å². The second kappa shape index (κ2) is 9.16. The highest BCUT2D eigenvalue weighted by Crippen LogP contribution is 2.32. The van der Waals surface area contributed by atoms with E-state index in [2.05, 4.69) is 63.7 Å². The normalized spacial score (nSPS) is 14.8. The number of benzene rings is 2. The Labute approximate surface area is 170 Å².